The Morgan fingerprint density at radius 1 is 0.395 bits per heavy atom. The summed E-state index contributed by atoms with van der Waals surface area (Å²) in [6.45, 7) is 0. The first-order valence-electron chi connectivity index (χ1n) is 12.2. The van der Waals surface area contributed by atoms with Crippen molar-refractivity contribution in [2.75, 3.05) is 0 Å². The van der Waals surface area contributed by atoms with Gasteiger partial charge in [0, 0.05) is 46.7 Å². The summed E-state index contributed by atoms with van der Waals surface area (Å²) < 4.78 is 0. The number of para-hydroxylation sites is 2. The molecule has 7 aromatic rings. The van der Waals surface area contributed by atoms with Gasteiger partial charge in [-0.25, -0.2) is 24.9 Å². The van der Waals surface area contributed by atoms with Gasteiger partial charge in [-0.15, -0.1) is 0 Å². The van der Waals surface area contributed by atoms with Crippen LogP contribution in [0.2, 0.25) is 0 Å². The zero-order valence-electron chi connectivity index (χ0n) is 20.1. The zero-order chi connectivity index (χ0) is 25.3. The van der Waals surface area contributed by atoms with E-state index in [1.807, 2.05) is 103 Å². The second-order valence-electron chi connectivity index (χ2n) is 8.72. The molecule has 0 aliphatic carbocycles. The smallest absolute Gasteiger partial charge is 0.179 e. The fourth-order valence-corrected chi connectivity index (χ4v) is 4.51. The van der Waals surface area contributed by atoms with Crippen LogP contribution in [-0.4, -0.2) is 34.9 Å². The molecule has 0 saturated heterocycles. The molecule has 5 aromatic heterocycles. The second-order valence-corrected chi connectivity index (χ2v) is 8.72. The number of nitrogens with zero attached hydrogens (tertiary/aromatic N) is 7. The van der Waals surface area contributed by atoms with Gasteiger partial charge in [0.15, 0.2) is 11.6 Å². The number of benzene rings is 2. The number of aromatic nitrogens is 7. The highest BCUT2D eigenvalue weighted by atomic mass is 15.0. The Hall–Kier alpha value is -5.43. The summed E-state index contributed by atoms with van der Waals surface area (Å²) in [6.07, 6.45) is 7.13. The molecule has 0 radical (unpaired) electrons. The molecule has 0 spiro atoms. The van der Waals surface area contributed by atoms with Crippen LogP contribution >= 0.6 is 0 Å². The zero-order valence-corrected chi connectivity index (χ0v) is 20.1. The number of hydrogen-bond donors (Lipinski definition) is 0. The van der Waals surface area contributed by atoms with Crippen molar-refractivity contribution in [2.45, 2.75) is 0 Å². The van der Waals surface area contributed by atoms with Gasteiger partial charge in [0.25, 0.3) is 0 Å². The van der Waals surface area contributed by atoms with Gasteiger partial charge in [0.05, 0.1) is 22.4 Å². The first-order chi connectivity index (χ1) is 18.8. The highest BCUT2D eigenvalue weighted by Crippen LogP contribution is 2.30. The Morgan fingerprint density at radius 3 is 1.37 bits per heavy atom. The van der Waals surface area contributed by atoms with Crippen LogP contribution in [0.1, 0.15) is 0 Å². The summed E-state index contributed by atoms with van der Waals surface area (Å²) in [5.41, 5.74) is 6.41. The molecule has 0 unspecified atom stereocenters. The van der Waals surface area contributed by atoms with E-state index in [0.29, 0.717) is 23.0 Å². The van der Waals surface area contributed by atoms with Crippen molar-refractivity contribution in [3.63, 3.8) is 0 Å². The third-order valence-corrected chi connectivity index (χ3v) is 6.28. The van der Waals surface area contributed by atoms with Crippen molar-refractivity contribution < 1.29 is 0 Å². The molecule has 7 rings (SSSR count). The van der Waals surface area contributed by atoms with Gasteiger partial charge in [0.2, 0.25) is 0 Å². The van der Waals surface area contributed by atoms with Crippen LogP contribution in [0.25, 0.3) is 67.4 Å². The molecule has 7 heteroatoms. The fraction of sp³-hybridized carbons (Fsp3) is 0. The number of rotatable bonds is 4. The lowest BCUT2D eigenvalue weighted by molar-refractivity contribution is 1.14. The molecule has 38 heavy (non-hydrogen) atoms. The van der Waals surface area contributed by atoms with Crippen molar-refractivity contribution in [1.82, 2.24) is 34.9 Å². The second kappa shape index (κ2) is 9.22. The van der Waals surface area contributed by atoms with Crippen molar-refractivity contribution in [1.29, 1.82) is 0 Å². The van der Waals surface area contributed by atoms with Gasteiger partial charge in [-0.1, -0.05) is 42.5 Å². The maximum atomic E-state index is 4.93. The lowest BCUT2D eigenvalue weighted by Crippen LogP contribution is -2.00. The number of fused-ring (bicyclic) bond motifs is 2. The van der Waals surface area contributed by atoms with E-state index >= 15 is 0 Å². The molecule has 0 aliphatic rings. The Bertz CT molecular complexity index is 1780. The van der Waals surface area contributed by atoms with E-state index in [1.165, 1.54) is 0 Å². The van der Waals surface area contributed by atoms with Crippen LogP contribution in [0.15, 0.2) is 116 Å². The molecule has 0 atom stereocenters. The maximum Gasteiger partial charge on any atom is 0.179 e. The lowest BCUT2D eigenvalue weighted by Gasteiger charge is -2.10. The van der Waals surface area contributed by atoms with E-state index in [9.17, 15) is 0 Å². The number of pyridine rings is 3. The summed E-state index contributed by atoms with van der Waals surface area (Å²) in [5, 5.41) is 1.92. The third-order valence-electron chi connectivity index (χ3n) is 6.28. The van der Waals surface area contributed by atoms with Crippen LogP contribution in [0.3, 0.4) is 0 Å². The van der Waals surface area contributed by atoms with Crippen molar-refractivity contribution in [3.05, 3.63) is 116 Å². The average molecular weight is 490 g/mol. The van der Waals surface area contributed by atoms with E-state index in [-0.39, 0.29) is 0 Å². The van der Waals surface area contributed by atoms with Gasteiger partial charge < -0.3 is 0 Å². The first-order valence-corrected chi connectivity index (χ1v) is 12.2. The van der Waals surface area contributed by atoms with E-state index < -0.39 is 0 Å². The molecule has 0 amide bonds. The number of hydrogen-bond acceptors (Lipinski definition) is 7. The summed E-state index contributed by atoms with van der Waals surface area (Å²) in [5.74, 6) is 1.05. The molecule has 178 valence electrons. The summed E-state index contributed by atoms with van der Waals surface area (Å²) in [4.78, 5) is 33.0. The van der Waals surface area contributed by atoms with Crippen LogP contribution in [0.5, 0.6) is 0 Å². The maximum absolute atomic E-state index is 4.93. The van der Waals surface area contributed by atoms with Crippen molar-refractivity contribution in [3.8, 4) is 45.6 Å². The van der Waals surface area contributed by atoms with Gasteiger partial charge >= 0.3 is 0 Å². The minimum absolute atomic E-state index is 0.526. The standard InChI is InChI=1S/C31H19N7/c1-3-12-24-22(10-1)28(20-8-6-16-32-18-20)37-30(35-24)26-14-5-15-27(34-26)31-36-25-13-4-2-11-23(25)29(38-31)21-9-7-17-33-19-21/h1-19H. The van der Waals surface area contributed by atoms with Crippen LogP contribution in [-0.2, 0) is 0 Å². The topological polar surface area (TPSA) is 90.2 Å². The predicted molar refractivity (Wildman–Crippen MR) is 148 cm³/mol. The Morgan fingerprint density at radius 2 is 0.895 bits per heavy atom. The fourth-order valence-electron chi connectivity index (χ4n) is 4.51. The molecule has 2 aromatic carbocycles. The molecule has 0 aliphatic heterocycles. The largest absolute Gasteiger partial charge is 0.264 e. The minimum atomic E-state index is 0.526. The molecule has 5 heterocycles. The highest BCUT2D eigenvalue weighted by molar-refractivity contribution is 5.94. The quantitative estimate of drug-likeness (QED) is 0.281. The first kappa shape index (κ1) is 21.8. The molecular weight excluding hydrogens is 470 g/mol. The van der Waals surface area contributed by atoms with Gasteiger partial charge in [0.1, 0.15) is 11.4 Å². The molecular formula is C31H19N7. The van der Waals surface area contributed by atoms with Crippen LogP contribution in [0.4, 0.5) is 0 Å². The van der Waals surface area contributed by atoms with E-state index in [0.717, 1.165) is 44.3 Å². The van der Waals surface area contributed by atoms with Crippen LogP contribution in [0, 0.1) is 0 Å². The molecule has 0 saturated carbocycles. The monoisotopic (exact) mass is 489 g/mol. The average Bonchev–Trinajstić information content (AvgIpc) is 3.01. The normalized spacial score (nSPS) is 11.2. The lowest BCUT2D eigenvalue weighted by atomic mass is 10.1. The molecule has 7 nitrogen and oxygen atoms in total. The van der Waals surface area contributed by atoms with Crippen LogP contribution < -0.4 is 0 Å². The van der Waals surface area contributed by atoms with Gasteiger partial charge in [-0.2, -0.15) is 0 Å². The Kier molecular flexibility index (Phi) is 5.29. The van der Waals surface area contributed by atoms with E-state index in [2.05, 4.69) is 9.97 Å². The molecule has 0 fully saturated rings. The van der Waals surface area contributed by atoms with Gasteiger partial charge in [-0.05, 0) is 48.5 Å². The third kappa shape index (κ3) is 3.92. The predicted octanol–water partition coefficient (Wildman–Crippen LogP) is 6.43. The van der Waals surface area contributed by atoms with Crippen molar-refractivity contribution >= 4 is 21.8 Å². The SMILES string of the molecule is c1cncc(-c2nc(-c3cccc(-c4nc(-c5cccnc5)c5ccccc5n4)n3)nc3ccccc23)c1. The van der Waals surface area contributed by atoms with Gasteiger partial charge in [-0.3, -0.25) is 9.97 Å². The molecule has 0 N–H and O–H groups in total. The summed E-state index contributed by atoms with van der Waals surface area (Å²) in [7, 11) is 0. The van der Waals surface area contributed by atoms with E-state index in [1.54, 1.807) is 12.4 Å². The van der Waals surface area contributed by atoms with Crippen molar-refractivity contribution in [2.24, 2.45) is 0 Å². The summed E-state index contributed by atoms with van der Waals surface area (Å²) in [6, 6.07) is 29.5. The highest BCUT2D eigenvalue weighted by Gasteiger charge is 2.15. The Balaban J connectivity index is 1.40. The molecule has 0 bridgehead atoms. The van der Waals surface area contributed by atoms with E-state index in [4.69, 9.17) is 24.9 Å². The summed E-state index contributed by atoms with van der Waals surface area (Å²) >= 11 is 0. The minimum Gasteiger partial charge on any atom is -0.264 e. The Labute approximate surface area is 218 Å².